The summed E-state index contributed by atoms with van der Waals surface area (Å²) in [5, 5.41) is 12.6. The van der Waals surface area contributed by atoms with Crippen molar-refractivity contribution in [2.24, 2.45) is 0 Å². The number of amides is 1. The quantitative estimate of drug-likeness (QED) is 0.399. The van der Waals surface area contributed by atoms with Crippen LogP contribution < -0.4 is 5.32 Å². The number of hydrogen-bond donors (Lipinski definition) is 1. The van der Waals surface area contributed by atoms with Crippen LogP contribution in [-0.2, 0) is 16.0 Å². The van der Waals surface area contributed by atoms with Crippen LogP contribution in [0, 0.1) is 11.3 Å². The number of pyridine rings is 1. The van der Waals surface area contributed by atoms with Gasteiger partial charge in [-0.2, -0.15) is 5.26 Å². The number of carbonyl (C=O) groups is 2. The first-order chi connectivity index (χ1) is 17.0. The van der Waals surface area contributed by atoms with Crippen molar-refractivity contribution in [3.63, 3.8) is 0 Å². The molecule has 1 aliphatic carbocycles. The molecule has 1 unspecified atom stereocenters. The van der Waals surface area contributed by atoms with Crippen molar-refractivity contribution < 1.29 is 18.7 Å². The lowest BCUT2D eigenvalue weighted by molar-refractivity contribution is -0.123. The first-order valence-corrected chi connectivity index (χ1v) is 11.2. The second-order valence-electron chi connectivity index (χ2n) is 8.21. The Morgan fingerprint density at radius 2 is 1.91 bits per heavy atom. The number of rotatable bonds is 5. The molecule has 172 valence electrons. The molecule has 0 saturated carbocycles. The number of furan rings is 1. The van der Waals surface area contributed by atoms with E-state index in [0.29, 0.717) is 40.6 Å². The molecule has 2 heterocycles. The molecule has 0 spiro atoms. The van der Waals surface area contributed by atoms with E-state index in [4.69, 9.17) is 14.1 Å². The summed E-state index contributed by atoms with van der Waals surface area (Å²) >= 11 is 0. The van der Waals surface area contributed by atoms with Gasteiger partial charge >= 0.3 is 5.97 Å². The minimum atomic E-state index is -1.07. The van der Waals surface area contributed by atoms with Crippen LogP contribution >= 0.6 is 0 Å². The molecule has 0 bridgehead atoms. The molecule has 2 aromatic heterocycles. The number of fused-ring (bicyclic) bond motifs is 2. The van der Waals surface area contributed by atoms with E-state index in [0.717, 1.165) is 22.6 Å². The lowest BCUT2D eigenvalue weighted by Gasteiger charge is -2.16. The molecule has 35 heavy (non-hydrogen) atoms. The maximum absolute atomic E-state index is 13.4. The zero-order valence-electron chi connectivity index (χ0n) is 18.9. The molecule has 0 radical (unpaired) electrons. The molecule has 5 rings (SSSR count). The lowest BCUT2D eigenvalue weighted by atomic mass is 10.0. The normalized spacial score (nSPS) is 14.3. The number of benzene rings is 2. The van der Waals surface area contributed by atoms with E-state index >= 15 is 0 Å². The molecule has 0 saturated heterocycles. The SMILES string of the molecule is CC(OC(=O)c1c2c(nc3ccccc13)/C(=C/c1ccco1)CC2)C(=O)Nc1ccccc1C#N. The van der Waals surface area contributed by atoms with E-state index in [9.17, 15) is 14.9 Å². The minimum Gasteiger partial charge on any atom is -0.465 e. The second kappa shape index (κ2) is 9.27. The van der Waals surface area contributed by atoms with Gasteiger partial charge < -0.3 is 14.5 Å². The smallest absolute Gasteiger partial charge is 0.339 e. The highest BCUT2D eigenvalue weighted by molar-refractivity contribution is 6.08. The monoisotopic (exact) mass is 463 g/mol. The number of hydrogen-bond acceptors (Lipinski definition) is 6. The van der Waals surface area contributed by atoms with Crippen molar-refractivity contribution in [3.05, 3.63) is 95.1 Å². The van der Waals surface area contributed by atoms with Gasteiger partial charge in [-0.15, -0.1) is 0 Å². The van der Waals surface area contributed by atoms with Gasteiger partial charge in [-0.1, -0.05) is 30.3 Å². The Bertz CT molecular complexity index is 1510. The molecule has 7 nitrogen and oxygen atoms in total. The van der Waals surface area contributed by atoms with E-state index in [1.165, 1.54) is 6.92 Å². The standard InChI is InChI=1S/C28H21N3O4/c1-17(27(32)31-23-10-4-2-7-19(23)16-29)35-28(33)25-21-9-3-5-11-24(21)30-26-18(12-13-22(25)26)15-20-8-6-14-34-20/h2-11,14-15,17H,12-13H2,1H3,(H,31,32)/b18-15+. The Balaban J connectivity index is 1.46. The summed E-state index contributed by atoms with van der Waals surface area (Å²) in [5.41, 5.74) is 4.31. The number of esters is 1. The number of ether oxygens (including phenoxy) is 1. The van der Waals surface area contributed by atoms with E-state index in [-0.39, 0.29) is 0 Å². The van der Waals surface area contributed by atoms with Gasteiger partial charge in [0, 0.05) is 5.39 Å². The predicted octanol–water partition coefficient (Wildman–Crippen LogP) is 5.37. The van der Waals surface area contributed by atoms with E-state index in [2.05, 4.69) is 5.32 Å². The Morgan fingerprint density at radius 1 is 1.11 bits per heavy atom. The van der Waals surface area contributed by atoms with Crippen molar-refractivity contribution in [1.29, 1.82) is 5.26 Å². The lowest BCUT2D eigenvalue weighted by Crippen LogP contribution is -2.30. The van der Waals surface area contributed by atoms with Crippen LogP contribution in [0.3, 0.4) is 0 Å². The fourth-order valence-electron chi connectivity index (χ4n) is 4.25. The summed E-state index contributed by atoms with van der Waals surface area (Å²) in [7, 11) is 0. The van der Waals surface area contributed by atoms with Crippen LogP contribution in [0.1, 0.15) is 46.3 Å². The molecule has 1 amide bonds. The first-order valence-electron chi connectivity index (χ1n) is 11.2. The van der Waals surface area contributed by atoms with Crippen molar-refractivity contribution in [2.75, 3.05) is 5.32 Å². The third kappa shape index (κ3) is 4.30. The van der Waals surface area contributed by atoms with Crippen molar-refractivity contribution >= 4 is 40.1 Å². The topological polar surface area (TPSA) is 105 Å². The summed E-state index contributed by atoms with van der Waals surface area (Å²) in [4.78, 5) is 31.0. The second-order valence-corrected chi connectivity index (χ2v) is 8.21. The average molecular weight is 463 g/mol. The number of aromatic nitrogens is 1. The minimum absolute atomic E-state index is 0.327. The molecule has 1 N–H and O–H groups in total. The van der Waals surface area contributed by atoms with Crippen LogP contribution in [0.4, 0.5) is 5.69 Å². The fraction of sp³-hybridized carbons (Fsp3) is 0.143. The summed E-state index contributed by atoms with van der Waals surface area (Å²) in [6, 6.07) is 19.8. The van der Waals surface area contributed by atoms with Gasteiger partial charge in [-0.05, 0) is 67.3 Å². The molecule has 1 aliphatic rings. The van der Waals surface area contributed by atoms with E-state index < -0.39 is 18.0 Å². The zero-order valence-corrected chi connectivity index (χ0v) is 18.9. The third-order valence-electron chi connectivity index (χ3n) is 5.96. The highest BCUT2D eigenvalue weighted by Crippen LogP contribution is 2.38. The Kier molecular flexibility index (Phi) is 5.86. The van der Waals surface area contributed by atoms with Crippen molar-refractivity contribution in [1.82, 2.24) is 4.98 Å². The number of allylic oxidation sites excluding steroid dienone is 1. The number of carbonyl (C=O) groups excluding carboxylic acids is 2. The van der Waals surface area contributed by atoms with Crippen LogP contribution in [0.5, 0.6) is 0 Å². The molecule has 0 fully saturated rings. The molecular weight excluding hydrogens is 442 g/mol. The van der Waals surface area contributed by atoms with E-state index in [1.54, 1.807) is 30.5 Å². The fourth-order valence-corrected chi connectivity index (χ4v) is 4.25. The molecule has 7 heteroatoms. The van der Waals surface area contributed by atoms with Crippen LogP contribution in [0.15, 0.2) is 71.3 Å². The summed E-state index contributed by atoms with van der Waals surface area (Å²) in [6.45, 7) is 1.51. The summed E-state index contributed by atoms with van der Waals surface area (Å²) in [5.74, 6) is -0.389. The van der Waals surface area contributed by atoms with Gasteiger partial charge in [0.05, 0.1) is 34.3 Å². The molecule has 4 aromatic rings. The van der Waals surface area contributed by atoms with Crippen molar-refractivity contribution in [3.8, 4) is 6.07 Å². The first kappa shape index (κ1) is 22.1. The number of nitriles is 1. The number of nitrogens with zero attached hydrogens (tertiary/aromatic N) is 2. The number of nitrogens with one attached hydrogen (secondary N) is 1. The maximum atomic E-state index is 13.4. The van der Waals surface area contributed by atoms with Crippen molar-refractivity contribution in [2.45, 2.75) is 25.9 Å². The van der Waals surface area contributed by atoms with Gasteiger partial charge in [-0.3, -0.25) is 4.79 Å². The molecule has 2 aromatic carbocycles. The molecular formula is C28H21N3O4. The summed E-state index contributed by atoms with van der Waals surface area (Å²) < 4.78 is 11.1. The number of para-hydroxylation sites is 2. The van der Waals surface area contributed by atoms with Gasteiger partial charge in [-0.25, -0.2) is 9.78 Å². The summed E-state index contributed by atoms with van der Waals surface area (Å²) in [6.07, 6.45) is 3.81. The van der Waals surface area contributed by atoms with Crippen LogP contribution in [-0.4, -0.2) is 23.0 Å². The molecule has 0 aliphatic heterocycles. The predicted molar refractivity (Wildman–Crippen MR) is 131 cm³/mol. The van der Waals surface area contributed by atoms with Gasteiger partial charge in [0.25, 0.3) is 5.91 Å². The Morgan fingerprint density at radius 3 is 2.71 bits per heavy atom. The molecule has 1 atom stereocenters. The highest BCUT2D eigenvalue weighted by Gasteiger charge is 2.29. The Labute approximate surface area is 201 Å². The third-order valence-corrected chi connectivity index (χ3v) is 5.96. The Hall–Kier alpha value is -4.70. The van der Waals surface area contributed by atoms with Crippen LogP contribution in [0.25, 0.3) is 22.6 Å². The largest absolute Gasteiger partial charge is 0.465 e. The van der Waals surface area contributed by atoms with Gasteiger partial charge in [0.15, 0.2) is 6.10 Å². The van der Waals surface area contributed by atoms with Crippen LogP contribution in [0.2, 0.25) is 0 Å². The maximum Gasteiger partial charge on any atom is 0.339 e. The zero-order chi connectivity index (χ0) is 24.4. The average Bonchev–Trinajstić information content (AvgIpc) is 3.53. The van der Waals surface area contributed by atoms with E-state index in [1.807, 2.05) is 48.5 Å². The van der Waals surface area contributed by atoms with Gasteiger partial charge in [0.1, 0.15) is 11.8 Å². The highest BCUT2D eigenvalue weighted by atomic mass is 16.5. The number of anilines is 1. The van der Waals surface area contributed by atoms with Gasteiger partial charge in [0.2, 0.25) is 0 Å².